The first-order valence-corrected chi connectivity index (χ1v) is 18.1. The molecule has 55 heavy (non-hydrogen) atoms. The van der Waals surface area contributed by atoms with Crippen LogP contribution in [0.1, 0.15) is 85.5 Å². The fraction of sp³-hybridized carbons (Fsp3) is 0.641. The Kier molecular flexibility index (Phi) is 11.0. The number of esters is 7. The number of hydrogen-bond donors (Lipinski definition) is 1. The summed E-state index contributed by atoms with van der Waals surface area (Å²) in [6.45, 7) is 10.6. The zero-order valence-electron chi connectivity index (χ0n) is 32.3. The van der Waals surface area contributed by atoms with Crippen molar-refractivity contribution in [2.45, 2.75) is 117 Å². The highest BCUT2D eigenvalue weighted by Crippen LogP contribution is 2.69. The van der Waals surface area contributed by atoms with E-state index in [4.69, 9.17) is 33.2 Å². The normalized spacial score (nSPS) is 36.8. The minimum absolute atomic E-state index is 0.128. The van der Waals surface area contributed by atoms with Gasteiger partial charge in [0.2, 0.25) is 0 Å². The average molecular weight is 773 g/mol. The smallest absolute Gasteiger partial charge is 0.344 e. The van der Waals surface area contributed by atoms with E-state index in [0.29, 0.717) is 0 Å². The molecule has 4 fully saturated rings. The molecule has 0 aromatic heterocycles. The van der Waals surface area contributed by atoms with Crippen molar-refractivity contribution in [1.29, 1.82) is 0 Å². The van der Waals surface area contributed by atoms with Gasteiger partial charge < -0.3 is 38.3 Å². The summed E-state index contributed by atoms with van der Waals surface area (Å²) in [6.07, 6.45) is -9.00. The maximum absolute atomic E-state index is 14.6. The molecule has 300 valence electrons. The van der Waals surface area contributed by atoms with Crippen LogP contribution >= 0.6 is 0 Å². The molecule has 0 unspecified atom stereocenters. The average Bonchev–Trinajstić information content (AvgIpc) is 3.42. The Bertz CT molecular complexity index is 1770. The lowest BCUT2D eigenvalue weighted by Gasteiger charge is -2.58. The van der Waals surface area contributed by atoms with Crippen molar-refractivity contribution in [3.8, 4) is 0 Å². The molecular formula is C39H48O16. The number of aliphatic hydroxyl groups is 1. The van der Waals surface area contributed by atoms with Crippen LogP contribution in [-0.2, 0) is 66.7 Å². The highest BCUT2D eigenvalue weighted by Gasteiger charge is 2.84. The van der Waals surface area contributed by atoms with Crippen molar-refractivity contribution in [3.05, 3.63) is 35.9 Å². The molecule has 1 N–H and O–H groups in total. The fourth-order valence-corrected chi connectivity index (χ4v) is 10.2. The molecule has 1 aromatic rings. The summed E-state index contributed by atoms with van der Waals surface area (Å²) >= 11 is 0. The van der Waals surface area contributed by atoms with Gasteiger partial charge in [0.05, 0.1) is 22.3 Å². The summed E-state index contributed by atoms with van der Waals surface area (Å²) in [7, 11) is 0. The summed E-state index contributed by atoms with van der Waals surface area (Å²) in [5.41, 5.74) is -8.05. The minimum Gasteiger partial charge on any atom is -0.461 e. The number of hydrogen-bond acceptors (Lipinski definition) is 16. The Morgan fingerprint density at radius 1 is 0.709 bits per heavy atom. The van der Waals surface area contributed by atoms with Crippen LogP contribution in [0.5, 0.6) is 0 Å². The topological polar surface area (TPSA) is 221 Å². The van der Waals surface area contributed by atoms with Crippen LogP contribution in [0.25, 0.3) is 0 Å². The summed E-state index contributed by atoms with van der Waals surface area (Å²) < 4.78 is 41.5. The number of ketones is 1. The van der Waals surface area contributed by atoms with E-state index in [1.165, 1.54) is 19.1 Å². The lowest BCUT2D eigenvalue weighted by Crippen LogP contribution is -2.72. The van der Waals surface area contributed by atoms with Gasteiger partial charge >= 0.3 is 41.8 Å². The molecule has 0 spiro atoms. The van der Waals surface area contributed by atoms with E-state index in [1.807, 2.05) is 0 Å². The van der Waals surface area contributed by atoms with Crippen molar-refractivity contribution >= 4 is 47.6 Å². The van der Waals surface area contributed by atoms with Crippen LogP contribution in [0.4, 0.5) is 0 Å². The summed E-state index contributed by atoms with van der Waals surface area (Å²) in [4.78, 5) is 106. The van der Waals surface area contributed by atoms with E-state index < -0.39 is 137 Å². The van der Waals surface area contributed by atoms with Crippen LogP contribution in [-0.4, -0.2) is 101 Å². The Morgan fingerprint density at radius 2 is 1.29 bits per heavy atom. The third kappa shape index (κ3) is 6.97. The molecule has 0 heterocycles. The molecule has 1 aromatic carbocycles. The molecule has 4 aliphatic rings. The molecule has 16 heteroatoms. The second-order valence-electron chi connectivity index (χ2n) is 16.0. The predicted octanol–water partition coefficient (Wildman–Crippen LogP) is 2.44. The van der Waals surface area contributed by atoms with Crippen LogP contribution in [0, 0.1) is 34.5 Å². The fourth-order valence-electron chi connectivity index (χ4n) is 10.2. The van der Waals surface area contributed by atoms with Crippen LogP contribution in [0.15, 0.2) is 30.3 Å². The molecule has 5 rings (SSSR count). The van der Waals surface area contributed by atoms with Gasteiger partial charge in [-0.3, -0.25) is 28.8 Å². The monoisotopic (exact) mass is 772 g/mol. The number of rotatable bonds is 9. The van der Waals surface area contributed by atoms with Crippen molar-refractivity contribution < 1.29 is 76.6 Å². The summed E-state index contributed by atoms with van der Waals surface area (Å²) in [5, 5.41) is 13.4. The summed E-state index contributed by atoms with van der Waals surface area (Å²) in [5.74, 6) is -11.8. The van der Waals surface area contributed by atoms with Crippen molar-refractivity contribution in [2.24, 2.45) is 34.5 Å². The number of ether oxygens (including phenoxy) is 7. The predicted molar refractivity (Wildman–Crippen MR) is 184 cm³/mol. The second-order valence-corrected chi connectivity index (χ2v) is 16.0. The molecule has 4 saturated carbocycles. The van der Waals surface area contributed by atoms with Crippen LogP contribution < -0.4 is 0 Å². The number of carbonyl (C=O) groups is 8. The molecule has 0 radical (unpaired) electrons. The highest BCUT2D eigenvalue weighted by atomic mass is 16.6. The second kappa shape index (κ2) is 14.7. The molecule has 16 nitrogen and oxygen atoms in total. The van der Waals surface area contributed by atoms with Gasteiger partial charge in [-0.1, -0.05) is 32.0 Å². The molecule has 2 bridgehead atoms. The van der Waals surface area contributed by atoms with Gasteiger partial charge in [-0.15, -0.1) is 0 Å². The lowest BCUT2D eigenvalue weighted by molar-refractivity contribution is -0.276. The third-order valence-electron chi connectivity index (χ3n) is 11.8. The van der Waals surface area contributed by atoms with Crippen molar-refractivity contribution in [2.75, 3.05) is 6.61 Å². The van der Waals surface area contributed by atoms with E-state index in [1.54, 1.807) is 39.0 Å². The zero-order chi connectivity index (χ0) is 41.0. The standard InChI is InChI=1S/C39H48O16/c1-18-15-38(48)28(29(18)54-33(47)24-13-11-10-12-14-24)32(53-26(45)17-49-19(2)40)39(55-23(6)44)16-25-27(31(50-20(3)41)36(7,8)30(25)46)37(9,34(38)51-21(4)42)35(39)52-22(5)43/h10-14,18,25,27-29,31-32,34-35,48H,15-17H2,1-9H3/t18-,25-,27-,28-,29-,31+,32-,34+,35-,37-,38-,39-/m1/s1. The zero-order valence-corrected chi connectivity index (χ0v) is 32.3. The molecule has 4 aliphatic carbocycles. The molecule has 12 atom stereocenters. The molecular weight excluding hydrogens is 724 g/mol. The quantitative estimate of drug-likeness (QED) is 0.281. The number of benzene rings is 1. The number of fused-ring (bicyclic) bond motifs is 5. The lowest BCUT2D eigenvalue weighted by atomic mass is 9.53. The summed E-state index contributed by atoms with van der Waals surface area (Å²) in [6, 6.07) is 7.88. The molecule has 0 aliphatic heterocycles. The van der Waals surface area contributed by atoms with E-state index in [9.17, 15) is 43.5 Å². The van der Waals surface area contributed by atoms with Gasteiger partial charge in [0.25, 0.3) is 0 Å². The van der Waals surface area contributed by atoms with E-state index >= 15 is 0 Å². The first-order valence-electron chi connectivity index (χ1n) is 18.1. The van der Waals surface area contributed by atoms with Gasteiger partial charge in [0.1, 0.15) is 29.7 Å². The maximum Gasteiger partial charge on any atom is 0.344 e. The van der Waals surface area contributed by atoms with Gasteiger partial charge in [0.15, 0.2) is 24.4 Å². The minimum atomic E-state index is -2.38. The maximum atomic E-state index is 14.6. The van der Waals surface area contributed by atoms with E-state index in [-0.39, 0.29) is 12.0 Å². The first kappa shape index (κ1) is 41.3. The Labute approximate surface area is 317 Å². The SMILES string of the molecule is CC(=O)OCC(=O)O[C@@H]1[C@H]2[C@H](OC(=O)c3ccccc3)[C@H](C)C[C@]2(O)[C@@H](OC(C)=O)[C@@]2(C)[C@@H]3[C@@H](C[C@]1(OC(C)=O)[C@@H]2OC(C)=O)C(=O)C(C)(C)[C@H]3OC(C)=O. The third-order valence-corrected chi connectivity index (χ3v) is 11.8. The van der Waals surface area contributed by atoms with E-state index in [0.717, 1.165) is 34.6 Å². The Balaban J connectivity index is 1.90. The Morgan fingerprint density at radius 3 is 1.84 bits per heavy atom. The molecule has 0 amide bonds. The van der Waals surface area contributed by atoms with Gasteiger partial charge in [-0.05, 0) is 38.3 Å². The first-order chi connectivity index (χ1) is 25.5. The number of Topliss-reactive ketones (excluding diaryl/α,β-unsaturated/α-hetero) is 1. The van der Waals surface area contributed by atoms with Crippen molar-refractivity contribution in [3.63, 3.8) is 0 Å². The van der Waals surface area contributed by atoms with Crippen LogP contribution in [0.2, 0.25) is 0 Å². The Hall–Kier alpha value is -4.86. The van der Waals surface area contributed by atoms with Gasteiger partial charge in [0, 0.05) is 52.9 Å². The number of carbonyl (C=O) groups excluding carboxylic acids is 8. The van der Waals surface area contributed by atoms with Crippen molar-refractivity contribution in [1.82, 2.24) is 0 Å². The van der Waals surface area contributed by atoms with Crippen LogP contribution in [0.3, 0.4) is 0 Å². The molecule has 0 saturated heterocycles. The van der Waals surface area contributed by atoms with E-state index in [2.05, 4.69) is 0 Å². The van der Waals surface area contributed by atoms with Gasteiger partial charge in [-0.2, -0.15) is 0 Å². The highest BCUT2D eigenvalue weighted by molar-refractivity contribution is 5.91. The largest absolute Gasteiger partial charge is 0.461 e. The van der Waals surface area contributed by atoms with Gasteiger partial charge in [-0.25, -0.2) is 9.59 Å².